The maximum absolute atomic E-state index is 12.5. The number of nitrogens with one attached hydrogen (secondary N) is 2. The molecule has 6 nitrogen and oxygen atoms in total. The van der Waals surface area contributed by atoms with Gasteiger partial charge in [0.2, 0.25) is 0 Å². The zero-order chi connectivity index (χ0) is 16.4. The maximum Gasteiger partial charge on any atom is 0.271 e. The maximum atomic E-state index is 12.5. The van der Waals surface area contributed by atoms with Crippen molar-refractivity contribution < 1.29 is 4.79 Å². The van der Waals surface area contributed by atoms with Gasteiger partial charge in [-0.15, -0.1) is 0 Å². The predicted molar refractivity (Wildman–Crippen MR) is 89.2 cm³/mol. The van der Waals surface area contributed by atoms with Gasteiger partial charge in [0.25, 0.3) is 5.91 Å². The van der Waals surface area contributed by atoms with Crippen molar-refractivity contribution >= 4 is 17.5 Å². The summed E-state index contributed by atoms with van der Waals surface area (Å²) < 4.78 is 1.71. The van der Waals surface area contributed by atoms with Crippen molar-refractivity contribution in [2.75, 3.05) is 13.1 Å². The number of aromatic nitrogens is 3. The summed E-state index contributed by atoms with van der Waals surface area (Å²) in [7, 11) is 0. The number of piperidine rings is 1. The van der Waals surface area contributed by atoms with Crippen LogP contribution in [0.25, 0.3) is 5.82 Å². The van der Waals surface area contributed by atoms with Gasteiger partial charge in [-0.25, -0.2) is 9.67 Å². The Morgan fingerprint density at radius 2 is 2.26 bits per heavy atom. The minimum atomic E-state index is -0.243. The van der Waals surface area contributed by atoms with Crippen molar-refractivity contribution in [1.82, 2.24) is 25.4 Å². The Balaban J connectivity index is 1.85. The van der Waals surface area contributed by atoms with E-state index in [0.717, 1.165) is 37.3 Å². The number of carbonyl (C=O) groups is 1. The lowest BCUT2D eigenvalue weighted by Gasteiger charge is -2.23. The molecule has 1 amide bonds. The molecule has 23 heavy (non-hydrogen) atoms. The van der Waals surface area contributed by atoms with Crippen molar-refractivity contribution in [3.8, 4) is 5.82 Å². The van der Waals surface area contributed by atoms with E-state index in [2.05, 4.69) is 20.7 Å². The van der Waals surface area contributed by atoms with E-state index in [1.807, 2.05) is 19.9 Å². The van der Waals surface area contributed by atoms with Crippen molar-refractivity contribution in [1.29, 1.82) is 0 Å². The second-order valence-corrected chi connectivity index (χ2v) is 6.26. The molecule has 1 aliphatic heterocycles. The van der Waals surface area contributed by atoms with E-state index in [-0.39, 0.29) is 17.6 Å². The molecule has 0 bridgehead atoms. The number of halogens is 1. The summed E-state index contributed by atoms with van der Waals surface area (Å²) in [6, 6.07) is 5.53. The van der Waals surface area contributed by atoms with Crippen molar-refractivity contribution in [3.05, 3.63) is 40.3 Å². The number of nitrogens with zero attached hydrogens (tertiary/aromatic N) is 3. The van der Waals surface area contributed by atoms with Gasteiger partial charge in [-0.1, -0.05) is 11.6 Å². The lowest BCUT2D eigenvalue weighted by Crippen LogP contribution is -2.45. The Labute approximate surface area is 140 Å². The van der Waals surface area contributed by atoms with Gasteiger partial charge in [0, 0.05) is 18.3 Å². The highest BCUT2D eigenvalue weighted by molar-refractivity contribution is 6.33. The summed E-state index contributed by atoms with van der Waals surface area (Å²) in [5.41, 5.74) is 2.10. The minimum Gasteiger partial charge on any atom is -0.347 e. The van der Waals surface area contributed by atoms with E-state index < -0.39 is 0 Å². The van der Waals surface area contributed by atoms with Gasteiger partial charge in [0.1, 0.15) is 5.69 Å². The lowest BCUT2D eigenvalue weighted by molar-refractivity contribution is 0.0925. The van der Waals surface area contributed by atoms with E-state index in [1.54, 1.807) is 16.8 Å². The van der Waals surface area contributed by atoms with Crippen LogP contribution in [0.3, 0.4) is 0 Å². The third kappa shape index (κ3) is 3.54. The number of pyridine rings is 1. The van der Waals surface area contributed by atoms with Crippen LogP contribution in [0.15, 0.2) is 18.2 Å². The summed E-state index contributed by atoms with van der Waals surface area (Å²) >= 11 is 6.17. The largest absolute Gasteiger partial charge is 0.347 e. The van der Waals surface area contributed by atoms with E-state index in [1.165, 1.54) is 0 Å². The predicted octanol–water partition coefficient (Wildman–Crippen LogP) is 2.02. The first kappa shape index (κ1) is 16.0. The Morgan fingerprint density at radius 3 is 2.91 bits per heavy atom. The number of rotatable bonds is 3. The standard InChI is InChI=1S/C16H20ClN5O/c1-10-8-11(2)22(21-10)14-6-5-13(17)15(20-14)16(23)19-12-4-3-7-18-9-12/h5-6,8,12,18H,3-4,7,9H2,1-2H3,(H,19,23)/t12-/m0/s1. The number of amides is 1. The fourth-order valence-electron chi connectivity index (χ4n) is 2.80. The summed E-state index contributed by atoms with van der Waals surface area (Å²) in [6.45, 7) is 5.64. The molecule has 0 saturated carbocycles. The Kier molecular flexibility index (Phi) is 4.63. The van der Waals surface area contributed by atoms with Crippen LogP contribution < -0.4 is 10.6 Å². The molecule has 1 atom stereocenters. The van der Waals surface area contributed by atoms with Crippen LogP contribution in [-0.2, 0) is 0 Å². The monoisotopic (exact) mass is 333 g/mol. The van der Waals surface area contributed by atoms with Gasteiger partial charge in [0.05, 0.1) is 10.7 Å². The number of carbonyl (C=O) groups excluding carboxylic acids is 1. The highest BCUT2D eigenvalue weighted by atomic mass is 35.5. The van der Waals surface area contributed by atoms with Crippen LogP contribution in [0.1, 0.15) is 34.7 Å². The van der Waals surface area contributed by atoms with Crippen LogP contribution in [-0.4, -0.2) is 39.8 Å². The van der Waals surface area contributed by atoms with E-state index in [0.29, 0.717) is 10.8 Å². The SMILES string of the molecule is Cc1cc(C)n(-c2ccc(Cl)c(C(=O)N[C@H]3CCCNC3)n2)n1. The summed E-state index contributed by atoms with van der Waals surface area (Å²) in [5.74, 6) is 0.346. The van der Waals surface area contributed by atoms with Gasteiger partial charge in [-0.3, -0.25) is 4.79 Å². The lowest BCUT2D eigenvalue weighted by atomic mass is 10.1. The van der Waals surface area contributed by atoms with Gasteiger partial charge in [-0.2, -0.15) is 5.10 Å². The molecule has 3 heterocycles. The molecule has 1 saturated heterocycles. The average molecular weight is 334 g/mol. The number of hydrogen-bond donors (Lipinski definition) is 2. The molecule has 7 heteroatoms. The molecular formula is C16H20ClN5O. The van der Waals surface area contributed by atoms with Crippen LogP contribution in [0.2, 0.25) is 5.02 Å². The molecule has 1 aliphatic rings. The fraction of sp³-hybridized carbons (Fsp3) is 0.438. The third-order valence-electron chi connectivity index (χ3n) is 3.91. The molecule has 1 fully saturated rings. The fourth-order valence-corrected chi connectivity index (χ4v) is 2.99. The summed E-state index contributed by atoms with van der Waals surface area (Å²) in [5, 5.41) is 11.0. The first-order valence-electron chi connectivity index (χ1n) is 7.76. The van der Waals surface area contributed by atoms with E-state index in [4.69, 9.17) is 11.6 Å². The third-order valence-corrected chi connectivity index (χ3v) is 4.21. The van der Waals surface area contributed by atoms with E-state index >= 15 is 0 Å². The normalized spacial score (nSPS) is 18.0. The molecule has 0 aliphatic carbocycles. The van der Waals surface area contributed by atoms with Crippen molar-refractivity contribution in [2.45, 2.75) is 32.7 Å². The van der Waals surface area contributed by atoms with E-state index in [9.17, 15) is 4.79 Å². The number of aryl methyl sites for hydroxylation is 2. The average Bonchev–Trinajstić information content (AvgIpc) is 2.87. The highest BCUT2D eigenvalue weighted by Gasteiger charge is 2.20. The quantitative estimate of drug-likeness (QED) is 0.901. The van der Waals surface area contributed by atoms with Crippen molar-refractivity contribution in [2.24, 2.45) is 0 Å². The zero-order valence-electron chi connectivity index (χ0n) is 13.3. The number of hydrogen-bond acceptors (Lipinski definition) is 4. The molecule has 2 N–H and O–H groups in total. The van der Waals surface area contributed by atoms with Gasteiger partial charge >= 0.3 is 0 Å². The topological polar surface area (TPSA) is 71.8 Å². The summed E-state index contributed by atoms with van der Waals surface area (Å²) in [4.78, 5) is 16.9. The van der Waals surface area contributed by atoms with Crippen LogP contribution in [0.5, 0.6) is 0 Å². The summed E-state index contributed by atoms with van der Waals surface area (Å²) in [6.07, 6.45) is 2.02. The van der Waals surface area contributed by atoms with Gasteiger partial charge in [-0.05, 0) is 51.4 Å². The second-order valence-electron chi connectivity index (χ2n) is 5.86. The second kappa shape index (κ2) is 6.68. The smallest absolute Gasteiger partial charge is 0.271 e. The molecule has 0 radical (unpaired) electrons. The Bertz CT molecular complexity index is 721. The van der Waals surface area contributed by atoms with Crippen LogP contribution in [0, 0.1) is 13.8 Å². The first-order valence-corrected chi connectivity index (χ1v) is 8.14. The molecule has 0 spiro atoms. The van der Waals surface area contributed by atoms with Crippen LogP contribution in [0.4, 0.5) is 0 Å². The minimum absolute atomic E-state index is 0.117. The van der Waals surface area contributed by atoms with Crippen molar-refractivity contribution in [3.63, 3.8) is 0 Å². The molecular weight excluding hydrogens is 314 g/mol. The van der Waals surface area contributed by atoms with Gasteiger partial charge < -0.3 is 10.6 Å². The molecule has 0 unspecified atom stereocenters. The Morgan fingerprint density at radius 1 is 1.43 bits per heavy atom. The molecule has 3 rings (SSSR count). The Hall–Kier alpha value is -1.92. The molecule has 2 aromatic heterocycles. The first-order chi connectivity index (χ1) is 11.0. The van der Waals surface area contributed by atoms with Crippen LogP contribution >= 0.6 is 11.6 Å². The zero-order valence-corrected chi connectivity index (χ0v) is 14.0. The highest BCUT2D eigenvalue weighted by Crippen LogP contribution is 2.18. The van der Waals surface area contributed by atoms with Gasteiger partial charge in [0.15, 0.2) is 5.82 Å². The molecule has 2 aromatic rings. The molecule has 0 aromatic carbocycles. The molecule has 122 valence electrons.